The summed E-state index contributed by atoms with van der Waals surface area (Å²) in [4.78, 5) is 7.01. The van der Waals surface area contributed by atoms with Crippen LogP contribution in [0.15, 0.2) is 12.3 Å². The molecule has 1 aromatic heterocycles. The lowest BCUT2D eigenvalue weighted by Gasteiger charge is -2.24. The van der Waals surface area contributed by atoms with Crippen LogP contribution in [0.2, 0.25) is 0 Å². The van der Waals surface area contributed by atoms with Crippen molar-refractivity contribution in [1.29, 1.82) is 0 Å². The maximum atomic E-state index is 5.84. The average Bonchev–Trinajstić information content (AvgIpc) is 2.50. The van der Waals surface area contributed by atoms with Crippen LogP contribution in [-0.2, 0) is 5.88 Å². The maximum absolute atomic E-state index is 5.84. The van der Waals surface area contributed by atoms with Gasteiger partial charge in [0.15, 0.2) is 0 Å². The van der Waals surface area contributed by atoms with Crippen LogP contribution in [0.5, 0.6) is 0 Å². The smallest absolute Gasteiger partial charge is 0.131 e. The lowest BCUT2D eigenvalue weighted by atomic mass is 10.1. The van der Waals surface area contributed by atoms with Crippen LogP contribution in [0.4, 0.5) is 5.82 Å². The van der Waals surface area contributed by atoms with Gasteiger partial charge in [0, 0.05) is 35.7 Å². The Kier molecular flexibility index (Phi) is 4.44. The van der Waals surface area contributed by atoms with E-state index < -0.39 is 0 Å². The summed E-state index contributed by atoms with van der Waals surface area (Å²) in [6.45, 7) is 8.97. The van der Waals surface area contributed by atoms with Crippen LogP contribution < -0.4 is 4.90 Å². The molecule has 0 unspecified atom stereocenters. The van der Waals surface area contributed by atoms with Gasteiger partial charge in [-0.25, -0.2) is 4.98 Å². The Morgan fingerprint density at radius 1 is 1.44 bits per heavy atom. The molecule has 1 fully saturated rings. The zero-order valence-corrected chi connectivity index (χ0v) is 12.9. The second kappa shape index (κ2) is 5.70. The number of aryl methyl sites for hydroxylation is 1. The predicted octanol–water partition coefficient (Wildman–Crippen LogP) is 3.85. The molecule has 2 rings (SSSR count). The van der Waals surface area contributed by atoms with Crippen molar-refractivity contribution in [3.8, 4) is 0 Å². The SMILES string of the molecule is Cc1cc(CCl)cnc1N1CCSC(C)(C)CC1. The van der Waals surface area contributed by atoms with E-state index in [0.717, 1.165) is 24.5 Å². The zero-order valence-electron chi connectivity index (χ0n) is 11.4. The highest BCUT2D eigenvalue weighted by Gasteiger charge is 2.24. The Morgan fingerprint density at radius 2 is 2.22 bits per heavy atom. The number of nitrogens with zero attached hydrogens (tertiary/aromatic N) is 2. The Bertz CT molecular complexity index is 420. The molecule has 4 heteroatoms. The molecule has 0 saturated carbocycles. The topological polar surface area (TPSA) is 16.1 Å². The number of pyridine rings is 1. The highest BCUT2D eigenvalue weighted by molar-refractivity contribution is 8.00. The van der Waals surface area contributed by atoms with E-state index in [0.29, 0.717) is 10.6 Å². The third-order valence-corrected chi connectivity index (χ3v) is 5.08. The van der Waals surface area contributed by atoms with Gasteiger partial charge < -0.3 is 4.90 Å². The molecule has 0 amide bonds. The van der Waals surface area contributed by atoms with Crippen molar-refractivity contribution in [3.05, 3.63) is 23.4 Å². The molecule has 1 aliphatic rings. The van der Waals surface area contributed by atoms with E-state index in [-0.39, 0.29) is 0 Å². The summed E-state index contributed by atoms with van der Waals surface area (Å²) >= 11 is 7.91. The van der Waals surface area contributed by atoms with E-state index in [1.165, 1.54) is 17.7 Å². The molecule has 2 heterocycles. The Labute approximate surface area is 119 Å². The van der Waals surface area contributed by atoms with Gasteiger partial charge in [-0.2, -0.15) is 11.8 Å². The second-order valence-electron chi connectivity index (χ2n) is 5.46. The Balaban J connectivity index is 2.16. The Hall–Kier alpha value is -0.410. The van der Waals surface area contributed by atoms with Gasteiger partial charge in [0.25, 0.3) is 0 Å². The third-order valence-electron chi connectivity index (χ3n) is 3.40. The number of halogens is 1. The lowest BCUT2D eigenvalue weighted by Crippen LogP contribution is -2.28. The molecule has 1 aliphatic heterocycles. The molecule has 100 valence electrons. The van der Waals surface area contributed by atoms with Crippen LogP contribution in [0.3, 0.4) is 0 Å². The van der Waals surface area contributed by atoms with Crippen molar-refractivity contribution in [2.75, 3.05) is 23.7 Å². The molecule has 0 bridgehead atoms. The van der Waals surface area contributed by atoms with Gasteiger partial charge >= 0.3 is 0 Å². The number of rotatable bonds is 2. The van der Waals surface area contributed by atoms with Crippen LogP contribution in [0, 0.1) is 6.92 Å². The van der Waals surface area contributed by atoms with Gasteiger partial charge in [0.2, 0.25) is 0 Å². The van der Waals surface area contributed by atoms with Crippen molar-refractivity contribution >= 4 is 29.2 Å². The van der Waals surface area contributed by atoms with E-state index in [4.69, 9.17) is 11.6 Å². The van der Waals surface area contributed by atoms with Crippen molar-refractivity contribution in [3.63, 3.8) is 0 Å². The minimum atomic E-state index is 0.388. The average molecular weight is 285 g/mol. The summed E-state index contributed by atoms with van der Waals surface area (Å²) in [6.07, 6.45) is 3.11. The van der Waals surface area contributed by atoms with Gasteiger partial charge in [-0.1, -0.05) is 13.8 Å². The summed E-state index contributed by atoms with van der Waals surface area (Å²) in [7, 11) is 0. The monoisotopic (exact) mass is 284 g/mol. The fraction of sp³-hybridized carbons (Fsp3) is 0.643. The van der Waals surface area contributed by atoms with Crippen molar-refractivity contribution in [2.45, 2.75) is 37.8 Å². The number of alkyl halides is 1. The van der Waals surface area contributed by atoms with Gasteiger partial charge in [0.1, 0.15) is 5.82 Å². The molecule has 1 aromatic rings. The van der Waals surface area contributed by atoms with Crippen molar-refractivity contribution < 1.29 is 0 Å². The highest BCUT2D eigenvalue weighted by atomic mass is 35.5. The first-order chi connectivity index (χ1) is 8.52. The first kappa shape index (κ1) is 14.0. The van der Waals surface area contributed by atoms with Crippen LogP contribution in [0.25, 0.3) is 0 Å². The number of hydrogen-bond donors (Lipinski definition) is 0. The first-order valence-corrected chi connectivity index (χ1v) is 7.94. The van der Waals surface area contributed by atoms with Crippen molar-refractivity contribution in [1.82, 2.24) is 4.98 Å². The molecule has 0 radical (unpaired) electrons. The van der Waals surface area contributed by atoms with E-state index in [9.17, 15) is 0 Å². The molecule has 2 nitrogen and oxygen atoms in total. The summed E-state index contributed by atoms with van der Waals surface area (Å²) in [6, 6.07) is 2.15. The zero-order chi connectivity index (χ0) is 13.2. The van der Waals surface area contributed by atoms with E-state index in [2.05, 4.69) is 48.5 Å². The maximum Gasteiger partial charge on any atom is 0.131 e. The second-order valence-corrected chi connectivity index (χ2v) is 7.53. The number of hydrogen-bond acceptors (Lipinski definition) is 3. The van der Waals surface area contributed by atoms with Gasteiger partial charge in [-0.3, -0.25) is 0 Å². The molecule has 0 aromatic carbocycles. The summed E-state index contributed by atoms with van der Waals surface area (Å²) in [5.41, 5.74) is 2.33. The van der Waals surface area contributed by atoms with Crippen LogP contribution >= 0.6 is 23.4 Å². The molecular weight excluding hydrogens is 264 g/mol. The largest absolute Gasteiger partial charge is 0.356 e. The van der Waals surface area contributed by atoms with E-state index in [1.54, 1.807) is 0 Å². The lowest BCUT2D eigenvalue weighted by molar-refractivity contribution is 0.634. The summed E-state index contributed by atoms with van der Waals surface area (Å²) in [5, 5.41) is 0. The molecule has 0 atom stereocenters. The minimum Gasteiger partial charge on any atom is -0.356 e. The Morgan fingerprint density at radius 3 is 2.89 bits per heavy atom. The quantitative estimate of drug-likeness (QED) is 0.768. The summed E-state index contributed by atoms with van der Waals surface area (Å²) in [5.74, 6) is 2.84. The molecule has 0 spiro atoms. The number of thioether (sulfide) groups is 1. The van der Waals surface area contributed by atoms with Crippen LogP contribution in [-0.4, -0.2) is 28.6 Å². The van der Waals surface area contributed by atoms with Gasteiger partial charge in [0.05, 0.1) is 0 Å². The fourth-order valence-corrected chi connectivity index (χ4v) is 3.51. The molecular formula is C14H21ClN2S. The van der Waals surface area contributed by atoms with Gasteiger partial charge in [-0.15, -0.1) is 11.6 Å². The van der Waals surface area contributed by atoms with E-state index in [1.807, 2.05) is 6.20 Å². The number of anilines is 1. The predicted molar refractivity (Wildman–Crippen MR) is 81.9 cm³/mol. The molecule has 0 N–H and O–H groups in total. The fourth-order valence-electron chi connectivity index (χ4n) is 2.26. The van der Waals surface area contributed by atoms with Crippen LogP contribution in [0.1, 0.15) is 31.4 Å². The normalized spacial score (nSPS) is 19.7. The minimum absolute atomic E-state index is 0.388. The standard InChI is InChI=1S/C14H21ClN2S/c1-11-8-12(9-15)10-16-13(11)17-5-4-14(2,3)18-7-6-17/h8,10H,4-7,9H2,1-3H3. The highest BCUT2D eigenvalue weighted by Crippen LogP contribution is 2.32. The molecule has 0 aliphatic carbocycles. The third kappa shape index (κ3) is 3.33. The number of aromatic nitrogens is 1. The first-order valence-electron chi connectivity index (χ1n) is 6.42. The summed E-state index contributed by atoms with van der Waals surface area (Å²) < 4.78 is 0.388. The molecule has 18 heavy (non-hydrogen) atoms. The molecule has 1 saturated heterocycles. The van der Waals surface area contributed by atoms with Gasteiger partial charge in [-0.05, 0) is 30.5 Å². The van der Waals surface area contributed by atoms with E-state index >= 15 is 0 Å². The van der Waals surface area contributed by atoms with Crippen molar-refractivity contribution in [2.24, 2.45) is 0 Å².